The van der Waals surface area contributed by atoms with Crippen LogP contribution in [0.5, 0.6) is 5.75 Å². The van der Waals surface area contributed by atoms with Crippen molar-refractivity contribution in [2.24, 2.45) is 0 Å². The molecular formula is C16H25N3O2. The second-order valence-corrected chi connectivity index (χ2v) is 6.28. The van der Waals surface area contributed by atoms with Crippen molar-refractivity contribution in [3.05, 3.63) is 24.3 Å². The summed E-state index contributed by atoms with van der Waals surface area (Å²) in [5, 5.41) is 2.93. The van der Waals surface area contributed by atoms with Crippen molar-refractivity contribution in [2.75, 3.05) is 38.6 Å². The lowest BCUT2D eigenvalue weighted by Gasteiger charge is -2.42. The summed E-state index contributed by atoms with van der Waals surface area (Å²) in [6.07, 6.45) is 0. The summed E-state index contributed by atoms with van der Waals surface area (Å²) >= 11 is 0. The number of nitrogens with one attached hydrogen (secondary N) is 1. The Morgan fingerprint density at radius 2 is 1.76 bits per heavy atom. The van der Waals surface area contributed by atoms with Gasteiger partial charge in [-0.25, -0.2) is 4.79 Å². The summed E-state index contributed by atoms with van der Waals surface area (Å²) in [5.41, 5.74) is 0.869. The maximum Gasteiger partial charge on any atom is 0.322 e. The molecule has 1 aromatic rings. The van der Waals surface area contributed by atoms with E-state index in [-0.39, 0.29) is 11.6 Å². The van der Waals surface area contributed by atoms with Crippen molar-refractivity contribution in [3.63, 3.8) is 0 Å². The fraction of sp³-hybridized carbons (Fsp3) is 0.562. The fourth-order valence-electron chi connectivity index (χ4n) is 2.52. The molecule has 0 aromatic heterocycles. The van der Waals surface area contributed by atoms with Crippen LogP contribution in [-0.2, 0) is 0 Å². The summed E-state index contributed by atoms with van der Waals surface area (Å²) in [7, 11) is 1.60. The van der Waals surface area contributed by atoms with E-state index >= 15 is 0 Å². The number of para-hydroxylation sites is 2. The van der Waals surface area contributed by atoms with Gasteiger partial charge in [0.2, 0.25) is 0 Å². The first-order valence-corrected chi connectivity index (χ1v) is 7.36. The van der Waals surface area contributed by atoms with Crippen LogP contribution in [-0.4, -0.2) is 54.7 Å². The molecule has 1 N–H and O–H groups in total. The van der Waals surface area contributed by atoms with Crippen molar-refractivity contribution in [1.82, 2.24) is 9.80 Å². The van der Waals surface area contributed by atoms with Crippen molar-refractivity contribution in [3.8, 4) is 5.75 Å². The SMILES string of the molecule is COc1ccccc1NC(=O)N1CCN(C(C)(C)C)CC1. The first-order chi connectivity index (χ1) is 9.91. The summed E-state index contributed by atoms with van der Waals surface area (Å²) in [5.74, 6) is 0.680. The number of hydrogen-bond acceptors (Lipinski definition) is 3. The molecule has 2 amide bonds. The Morgan fingerprint density at radius 3 is 2.33 bits per heavy atom. The van der Waals surface area contributed by atoms with Crippen LogP contribution in [0.4, 0.5) is 10.5 Å². The minimum absolute atomic E-state index is 0.0620. The maximum absolute atomic E-state index is 12.3. The number of anilines is 1. The molecule has 0 aliphatic carbocycles. The van der Waals surface area contributed by atoms with Crippen LogP contribution in [0.25, 0.3) is 0 Å². The van der Waals surface area contributed by atoms with Gasteiger partial charge in [0.1, 0.15) is 5.75 Å². The van der Waals surface area contributed by atoms with Gasteiger partial charge in [0.05, 0.1) is 12.8 Å². The molecule has 0 bridgehead atoms. The molecule has 0 unspecified atom stereocenters. The molecule has 116 valence electrons. The van der Waals surface area contributed by atoms with Gasteiger partial charge in [0.25, 0.3) is 0 Å². The van der Waals surface area contributed by atoms with E-state index < -0.39 is 0 Å². The molecule has 1 fully saturated rings. The molecule has 1 aliphatic rings. The summed E-state index contributed by atoms with van der Waals surface area (Å²) in [6, 6.07) is 7.40. The van der Waals surface area contributed by atoms with E-state index in [0.717, 1.165) is 26.2 Å². The third-order valence-corrected chi connectivity index (χ3v) is 3.86. The number of nitrogens with zero attached hydrogens (tertiary/aromatic N) is 2. The predicted octanol–water partition coefficient (Wildman–Crippen LogP) is 2.64. The number of benzene rings is 1. The predicted molar refractivity (Wildman–Crippen MR) is 84.9 cm³/mol. The molecule has 0 atom stereocenters. The number of carbonyl (C=O) groups excluding carboxylic acids is 1. The van der Waals surface area contributed by atoms with Crippen LogP contribution in [0.1, 0.15) is 20.8 Å². The van der Waals surface area contributed by atoms with Crippen LogP contribution >= 0.6 is 0 Å². The number of rotatable bonds is 2. The van der Waals surface area contributed by atoms with E-state index in [1.54, 1.807) is 7.11 Å². The van der Waals surface area contributed by atoms with Crippen LogP contribution in [0.15, 0.2) is 24.3 Å². The Labute approximate surface area is 126 Å². The number of urea groups is 1. The fourth-order valence-corrected chi connectivity index (χ4v) is 2.52. The smallest absolute Gasteiger partial charge is 0.322 e. The number of hydrogen-bond donors (Lipinski definition) is 1. The molecule has 1 aromatic carbocycles. The Kier molecular flexibility index (Phi) is 4.73. The van der Waals surface area contributed by atoms with Gasteiger partial charge in [-0.2, -0.15) is 0 Å². The van der Waals surface area contributed by atoms with E-state index in [0.29, 0.717) is 11.4 Å². The van der Waals surface area contributed by atoms with E-state index in [9.17, 15) is 4.79 Å². The molecule has 2 rings (SSSR count). The topological polar surface area (TPSA) is 44.8 Å². The van der Waals surface area contributed by atoms with Gasteiger partial charge < -0.3 is 15.0 Å². The molecule has 1 aliphatic heterocycles. The van der Waals surface area contributed by atoms with E-state index in [1.165, 1.54) is 0 Å². The average Bonchev–Trinajstić information content (AvgIpc) is 2.47. The molecule has 1 heterocycles. The van der Waals surface area contributed by atoms with Gasteiger partial charge >= 0.3 is 6.03 Å². The molecule has 5 heteroatoms. The zero-order chi connectivity index (χ0) is 15.5. The molecule has 1 saturated heterocycles. The number of ether oxygens (including phenoxy) is 1. The van der Waals surface area contributed by atoms with Crippen molar-refractivity contribution < 1.29 is 9.53 Å². The highest BCUT2D eigenvalue weighted by Crippen LogP contribution is 2.24. The number of methoxy groups -OCH3 is 1. The Morgan fingerprint density at radius 1 is 1.14 bits per heavy atom. The molecule has 0 spiro atoms. The van der Waals surface area contributed by atoms with E-state index in [2.05, 4.69) is 31.0 Å². The minimum Gasteiger partial charge on any atom is -0.495 e. The molecule has 5 nitrogen and oxygen atoms in total. The number of carbonyl (C=O) groups is 1. The third kappa shape index (κ3) is 3.88. The Balaban J connectivity index is 1.94. The van der Waals surface area contributed by atoms with Gasteiger partial charge in [-0.3, -0.25) is 4.90 Å². The molecular weight excluding hydrogens is 266 g/mol. The summed E-state index contributed by atoms with van der Waals surface area (Å²) < 4.78 is 5.25. The van der Waals surface area contributed by atoms with Gasteiger partial charge in [0.15, 0.2) is 0 Å². The first kappa shape index (κ1) is 15.6. The molecule has 21 heavy (non-hydrogen) atoms. The monoisotopic (exact) mass is 291 g/mol. The second kappa shape index (κ2) is 6.35. The standard InChI is InChI=1S/C16H25N3O2/c1-16(2,3)19-11-9-18(10-12-19)15(20)17-13-7-5-6-8-14(13)21-4/h5-8H,9-12H2,1-4H3,(H,17,20). The Bertz CT molecular complexity index is 489. The Hall–Kier alpha value is -1.75. The lowest BCUT2D eigenvalue weighted by atomic mass is 10.1. The quantitative estimate of drug-likeness (QED) is 0.911. The van der Waals surface area contributed by atoms with Gasteiger partial charge in [-0.1, -0.05) is 12.1 Å². The third-order valence-electron chi connectivity index (χ3n) is 3.86. The minimum atomic E-state index is -0.0620. The van der Waals surface area contributed by atoms with Crippen LogP contribution in [0.3, 0.4) is 0 Å². The van der Waals surface area contributed by atoms with Gasteiger partial charge in [-0.15, -0.1) is 0 Å². The number of amides is 2. The van der Waals surface area contributed by atoms with Crippen LogP contribution < -0.4 is 10.1 Å². The first-order valence-electron chi connectivity index (χ1n) is 7.36. The van der Waals surface area contributed by atoms with Crippen LogP contribution in [0, 0.1) is 0 Å². The van der Waals surface area contributed by atoms with Crippen LogP contribution in [0.2, 0.25) is 0 Å². The molecule has 0 saturated carbocycles. The lowest BCUT2D eigenvalue weighted by molar-refractivity contribution is 0.0774. The normalized spacial score (nSPS) is 16.7. The van der Waals surface area contributed by atoms with E-state index in [4.69, 9.17) is 4.74 Å². The lowest BCUT2D eigenvalue weighted by Crippen LogP contribution is -2.55. The highest BCUT2D eigenvalue weighted by atomic mass is 16.5. The highest BCUT2D eigenvalue weighted by molar-refractivity contribution is 5.91. The largest absolute Gasteiger partial charge is 0.495 e. The second-order valence-electron chi connectivity index (χ2n) is 6.28. The highest BCUT2D eigenvalue weighted by Gasteiger charge is 2.27. The summed E-state index contributed by atoms with van der Waals surface area (Å²) in [6.45, 7) is 9.93. The van der Waals surface area contributed by atoms with E-state index in [1.807, 2.05) is 29.2 Å². The average molecular weight is 291 g/mol. The van der Waals surface area contributed by atoms with Crippen molar-refractivity contribution in [1.29, 1.82) is 0 Å². The zero-order valence-corrected chi connectivity index (χ0v) is 13.3. The summed E-state index contributed by atoms with van der Waals surface area (Å²) in [4.78, 5) is 16.6. The number of piperazine rings is 1. The van der Waals surface area contributed by atoms with Gasteiger partial charge in [-0.05, 0) is 32.9 Å². The van der Waals surface area contributed by atoms with Gasteiger partial charge in [0, 0.05) is 31.7 Å². The zero-order valence-electron chi connectivity index (χ0n) is 13.3. The van der Waals surface area contributed by atoms with Crippen molar-refractivity contribution in [2.45, 2.75) is 26.3 Å². The molecule has 0 radical (unpaired) electrons. The maximum atomic E-state index is 12.3. The van der Waals surface area contributed by atoms with Crippen molar-refractivity contribution >= 4 is 11.7 Å².